The second-order valence-electron chi connectivity index (χ2n) is 8.89. The van der Waals surface area contributed by atoms with Crippen molar-refractivity contribution in [3.05, 3.63) is 53.3 Å². The van der Waals surface area contributed by atoms with Crippen LogP contribution in [0.1, 0.15) is 48.3 Å². The highest BCUT2D eigenvalue weighted by molar-refractivity contribution is 5.94. The summed E-state index contributed by atoms with van der Waals surface area (Å²) >= 11 is 0. The number of rotatable bonds is 11. The molecule has 8 heteroatoms. The Kier molecular flexibility index (Phi) is 8.13. The number of hydrogen-bond acceptors (Lipinski definition) is 6. The van der Waals surface area contributed by atoms with Gasteiger partial charge in [-0.3, -0.25) is 9.20 Å². The van der Waals surface area contributed by atoms with E-state index in [0.717, 1.165) is 55.3 Å². The van der Waals surface area contributed by atoms with Crippen molar-refractivity contribution >= 4 is 17.4 Å². The molecule has 1 saturated heterocycles. The number of anilines is 1. The molecule has 35 heavy (non-hydrogen) atoms. The zero-order valence-corrected chi connectivity index (χ0v) is 21.3. The standard InChI is InChI=1S/C27H37N5O3/c1-5-22-27(31(6-2)18-20-9-11-23(34-3)24(17-20)35-4)32-19-21(10-12-25(32)29-22)26(33)28-13-16-30-14-7-8-15-30/h9-12,17,19H,5-8,13-16,18H2,1-4H3,(H,28,33). The van der Waals surface area contributed by atoms with Crippen molar-refractivity contribution in [3.63, 3.8) is 0 Å². The number of likely N-dealkylation sites (tertiary alicyclic amines) is 1. The summed E-state index contributed by atoms with van der Waals surface area (Å²) in [5.74, 6) is 2.39. The lowest BCUT2D eigenvalue weighted by Crippen LogP contribution is -2.33. The summed E-state index contributed by atoms with van der Waals surface area (Å²) < 4.78 is 12.9. The maximum atomic E-state index is 12.9. The maximum absolute atomic E-state index is 12.9. The van der Waals surface area contributed by atoms with Gasteiger partial charge in [-0.2, -0.15) is 0 Å². The molecule has 0 bridgehead atoms. The molecule has 188 valence electrons. The molecule has 1 fully saturated rings. The molecule has 0 atom stereocenters. The molecule has 3 aromatic rings. The van der Waals surface area contributed by atoms with Crippen LogP contribution < -0.4 is 19.7 Å². The Morgan fingerprint density at radius 2 is 1.86 bits per heavy atom. The van der Waals surface area contributed by atoms with Crippen LogP contribution in [0, 0.1) is 0 Å². The summed E-state index contributed by atoms with van der Waals surface area (Å²) in [4.78, 5) is 22.5. The van der Waals surface area contributed by atoms with Gasteiger partial charge in [0.25, 0.3) is 5.91 Å². The van der Waals surface area contributed by atoms with Gasteiger partial charge in [0.2, 0.25) is 0 Å². The van der Waals surface area contributed by atoms with Gasteiger partial charge in [0.1, 0.15) is 11.5 Å². The van der Waals surface area contributed by atoms with Crippen molar-refractivity contribution in [1.82, 2.24) is 19.6 Å². The van der Waals surface area contributed by atoms with E-state index < -0.39 is 0 Å². The lowest BCUT2D eigenvalue weighted by Gasteiger charge is -2.24. The smallest absolute Gasteiger partial charge is 0.252 e. The maximum Gasteiger partial charge on any atom is 0.252 e. The number of ether oxygens (including phenoxy) is 2. The number of nitrogens with zero attached hydrogens (tertiary/aromatic N) is 4. The van der Waals surface area contributed by atoms with Crippen molar-refractivity contribution < 1.29 is 14.3 Å². The molecule has 0 unspecified atom stereocenters. The van der Waals surface area contributed by atoms with E-state index in [9.17, 15) is 4.79 Å². The van der Waals surface area contributed by atoms with E-state index >= 15 is 0 Å². The largest absolute Gasteiger partial charge is 0.493 e. The minimum absolute atomic E-state index is 0.0493. The Hall–Kier alpha value is -3.26. The first kappa shape index (κ1) is 24.9. The summed E-state index contributed by atoms with van der Waals surface area (Å²) in [6.45, 7) is 9.55. The predicted octanol–water partition coefficient (Wildman–Crippen LogP) is 3.77. The fraction of sp³-hybridized carbons (Fsp3) is 0.481. The van der Waals surface area contributed by atoms with Crippen LogP contribution >= 0.6 is 0 Å². The number of nitrogens with one attached hydrogen (secondary N) is 1. The van der Waals surface area contributed by atoms with E-state index in [1.54, 1.807) is 14.2 Å². The van der Waals surface area contributed by atoms with Crippen molar-refractivity contribution in [1.29, 1.82) is 0 Å². The van der Waals surface area contributed by atoms with Crippen LogP contribution in [0.25, 0.3) is 5.65 Å². The van der Waals surface area contributed by atoms with E-state index in [4.69, 9.17) is 14.5 Å². The average molecular weight is 480 g/mol. The van der Waals surface area contributed by atoms with Gasteiger partial charge in [0.15, 0.2) is 11.5 Å². The number of hydrogen-bond donors (Lipinski definition) is 1. The van der Waals surface area contributed by atoms with Gasteiger partial charge < -0.3 is 24.6 Å². The predicted molar refractivity (Wildman–Crippen MR) is 139 cm³/mol. The highest BCUT2D eigenvalue weighted by atomic mass is 16.5. The number of aryl methyl sites for hydroxylation is 1. The Labute approximate surface area is 207 Å². The van der Waals surface area contributed by atoms with Crippen LogP contribution in [0.4, 0.5) is 5.82 Å². The molecule has 8 nitrogen and oxygen atoms in total. The quantitative estimate of drug-likeness (QED) is 0.452. The number of pyridine rings is 1. The second-order valence-corrected chi connectivity index (χ2v) is 8.89. The molecule has 1 aliphatic rings. The van der Waals surface area contributed by atoms with Crippen molar-refractivity contribution in [2.45, 2.75) is 39.7 Å². The summed E-state index contributed by atoms with van der Waals surface area (Å²) in [5, 5.41) is 3.08. The Bertz CT molecular complexity index is 1150. The first-order chi connectivity index (χ1) is 17.1. The molecule has 4 rings (SSSR count). The molecule has 1 aromatic carbocycles. The minimum atomic E-state index is -0.0493. The Morgan fingerprint density at radius 3 is 2.54 bits per heavy atom. The highest BCUT2D eigenvalue weighted by Gasteiger charge is 2.19. The topological polar surface area (TPSA) is 71.3 Å². The normalized spacial score (nSPS) is 13.8. The van der Waals surface area contributed by atoms with Crippen LogP contribution in [0.3, 0.4) is 0 Å². The summed E-state index contributed by atoms with van der Waals surface area (Å²) in [5.41, 5.74) is 3.61. The third-order valence-corrected chi connectivity index (χ3v) is 6.67. The van der Waals surface area contributed by atoms with Crippen molar-refractivity contribution in [3.8, 4) is 11.5 Å². The van der Waals surface area contributed by atoms with E-state index in [0.29, 0.717) is 30.2 Å². The average Bonchev–Trinajstić information content (AvgIpc) is 3.54. The molecule has 1 N–H and O–H groups in total. The van der Waals surface area contributed by atoms with Gasteiger partial charge in [-0.15, -0.1) is 0 Å². The van der Waals surface area contributed by atoms with Crippen LogP contribution in [-0.4, -0.2) is 67.1 Å². The van der Waals surface area contributed by atoms with Crippen molar-refractivity contribution in [2.75, 3.05) is 51.8 Å². The number of aromatic nitrogens is 2. The fourth-order valence-electron chi connectivity index (χ4n) is 4.76. The van der Waals surface area contributed by atoms with Crippen LogP contribution in [0.15, 0.2) is 36.5 Å². The monoisotopic (exact) mass is 479 g/mol. The lowest BCUT2D eigenvalue weighted by atomic mass is 10.1. The zero-order chi connectivity index (χ0) is 24.8. The number of carbonyl (C=O) groups excluding carboxylic acids is 1. The summed E-state index contributed by atoms with van der Waals surface area (Å²) in [6, 6.07) is 9.79. The first-order valence-corrected chi connectivity index (χ1v) is 12.5. The van der Waals surface area contributed by atoms with E-state index in [-0.39, 0.29) is 5.91 Å². The highest BCUT2D eigenvalue weighted by Crippen LogP contribution is 2.30. The number of benzene rings is 1. The summed E-state index contributed by atoms with van der Waals surface area (Å²) in [7, 11) is 3.29. The fourth-order valence-corrected chi connectivity index (χ4v) is 4.76. The molecule has 3 heterocycles. The SMILES string of the molecule is CCc1nc2ccc(C(=O)NCCN3CCCC3)cn2c1N(CC)Cc1ccc(OC)c(OC)c1. The van der Waals surface area contributed by atoms with E-state index in [1.165, 1.54) is 12.8 Å². The van der Waals surface area contributed by atoms with E-state index in [2.05, 4.69) is 39.4 Å². The lowest BCUT2D eigenvalue weighted by molar-refractivity contribution is 0.0949. The Morgan fingerprint density at radius 1 is 1.09 bits per heavy atom. The van der Waals surface area contributed by atoms with Gasteiger partial charge in [-0.1, -0.05) is 13.0 Å². The molecule has 1 aliphatic heterocycles. The minimum Gasteiger partial charge on any atom is -0.493 e. The van der Waals surface area contributed by atoms with Crippen LogP contribution in [0.5, 0.6) is 11.5 Å². The first-order valence-electron chi connectivity index (χ1n) is 12.5. The number of imidazole rings is 1. The molecule has 2 aromatic heterocycles. The van der Waals surface area contributed by atoms with Gasteiger partial charge >= 0.3 is 0 Å². The Balaban J connectivity index is 1.58. The number of methoxy groups -OCH3 is 2. The van der Waals surface area contributed by atoms with Crippen LogP contribution in [-0.2, 0) is 13.0 Å². The van der Waals surface area contributed by atoms with Gasteiger partial charge in [-0.25, -0.2) is 4.98 Å². The third kappa shape index (κ3) is 5.53. The van der Waals surface area contributed by atoms with Gasteiger partial charge in [0.05, 0.1) is 25.5 Å². The van der Waals surface area contributed by atoms with Crippen LogP contribution in [0.2, 0.25) is 0 Å². The molecule has 1 amide bonds. The molecular formula is C27H37N5O3. The molecule has 0 radical (unpaired) electrons. The number of carbonyl (C=O) groups is 1. The van der Waals surface area contributed by atoms with E-state index in [1.807, 2.05) is 30.5 Å². The molecule has 0 aliphatic carbocycles. The third-order valence-electron chi connectivity index (χ3n) is 6.67. The number of fused-ring (bicyclic) bond motifs is 1. The molecular weight excluding hydrogens is 442 g/mol. The molecule has 0 spiro atoms. The van der Waals surface area contributed by atoms with Gasteiger partial charge in [0, 0.05) is 32.4 Å². The number of amides is 1. The molecule has 0 saturated carbocycles. The second kappa shape index (κ2) is 11.4. The van der Waals surface area contributed by atoms with Crippen molar-refractivity contribution in [2.24, 2.45) is 0 Å². The zero-order valence-electron chi connectivity index (χ0n) is 21.3. The van der Waals surface area contributed by atoms with Gasteiger partial charge in [-0.05, 0) is 69.1 Å². The summed E-state index contributed by atoms with van der Waals surface area (Å²) in [6.07, 6.45) is 5.23.